The van der Waals surface area contributed by atoms with Crippen LogP contribution < -0.4 is 21.6 Å². The second kappa shape index (κ2) is 13.0. The third kappa shape index (κ3) is 7.75. The average molecular weight is 488 g/mol. The predicted octanol–water partition coefficient (Wildman–Crippen LogP) is 3.30. The van der Waals surface area contributed by atoms with Crippen molar-refractivity contribution >= 4 is 34.9 Å². The van der Waals surface area contributed by atoms with Crippen LogP contribution in [0.25, 0.3) is 0 Å². The molecule has 0 atom stereocenters. The summed E-state index contributed by atoms with van der Waals surface area (Å²) in [5.74, 6) is -1.59. The van der Waals surface area contributed by atoms with Gasteiger partial charge in [0.1, 0.15) is 5.82 Å². The highest BCUT2D eigenvalue weighted by molar-refractivity contribution is 7.80. The van der Waals surface area contributed by atoms with E-state index in [2.05, 4.69) is 26.5 Å². The first-order valence-corrected chi connectivity index (χ1v) is 11.7. The summed E-state index contributed by atoms with van der Waals surface area (Å²) in [6, 6.07) is 10.5. The number of benzene rings is 2. The van der Waals surface area contributed by atoms with Crippen LogP contribution >= 0.6 is 12.2 Å². The SMILES string of the molecule is Cc1cc(NC(=O)c2ccccc2F)ccc1C(=O)NNC(=S)ONCCCN1CCCCC1. The monoisotopic (exact) mass is 487 g/mol. The molecule has 0 unspecified atom stereocenters. The van der Waals surface area contributed by atoms with Gasteiger partial charge in [-0.3, -0.25) is 20.4 Å². The topological polar surface area (TPSA) is 94.7 Å². The maximum Gasteiger partial charge on any atom is 0.296 e. The van der Waals surface area contributed by atoms with Crippen LogP contribution in [0.1, 0.15) is 52.0 Å². The molecule has 1 saturated heterocycles. The van der Waals surface area contributed by atoms with Crippen molar-refractivity contribution in [2.24, 2.45) is 0 Å². The molecule has 1 aliphatic rings. The highest BCUT2D eigenvalue weighted by Crippen LogP contribution is 2.17. The van der Waals surface area contributed by atoms with E-state index in [4.69, 9.17) is 17.1 Å². The quantitative estimate of drug-likeness (QED) is 0.258. The molecule has 0 spiro atoms. The van der Waals surface area contributed by atoms with Crippen LogP contribution in [0.15, 0.2) is 42.5 Å². The summed E-state index contributed by atoms with van der Waals surface area (Å²) in [5.41, 5.74) is 9.22. The van der Waals surface area contributed by atoms with E-state index in [1.807, 2.05) is 0 Å². The maximum atomic E-state index is 13.8. The van der Waals surface area contributed by atoms with E-state index in [1.54, 1.807) is 31.2 Å². The molecular formula is C24H30FN5O3S. The second-order valence-corrected chi connectivity index (χ2v) is 8.45. The van der Waals surface area contributed by atoms with Crippen molar-refractivity contribution in [1.29, 1.82) is 0 Å². The zero-order chi connectivity index (χ0) is 24.3. The molecule has 1 fully saturated rings. The van der Waals surface area contributed by atoms with E-state index >= 15 is 0 Å². The number of hydroxylamine groups is 1. The van der Waals surface area contributed by atoms with Crippen molar-refractivity contribution in [2.75, 3.05) is 31.5 Å². The summed E-state index contributed by atoms with van der Waals surface area (Å²) in [6.45, 7) is 5.71. The molecule has 2 amide bonds. The molecule has 3 rings (SSSR count). The fourth-order valence-electron chi connectivity index (χ4n) is 3.72. The Labute approximate surface area is 204 Å². The third-order valence-corrected chi connectivity index (χ3v) is 5.68. The maximum absolute atomic E-state index is 13.8. The van der Waals surface area contributed by atoms with Gasteiger partial charge in [0.25, 0.3) is 17.0 Å². The van der Waals surface area contributed by atoms with Crippen LogP contribution in [0.3, 0.4) is 0 Å². The van der Waals surface area contributed by atoms with Gasteiger partial charge < -0.3 is 15.1 Å². The Balaban J connectivity index is 1.39. The molecular weight excluding hydrogens is 457 g/mol. The van der Waals surface area contributed by atoms with E-state index < -0.39 is 17.6 Å². The molecule has 1 heterocycles. The van der Waals surface area contributed by atoms with Gasteiger partial charge in [-0.25, -0.2) is 4.39 Å². The van der Waals surface area contributed by atoms with Crippen molar-refractivity contribution < 1.29 is 18.8 Å². The number of hydrazine groups is 1. The molecule has 34 heavy (non-hydrogen) atoms. The summed E-state index contributed by atoms with van der Waals surface area (Å²) in [7, 11) is 0. The first kappa shape index (κ1) is 25.5. The molecule has 0 aliphatic carbocycles. The molecule has 10 heteroatoms. The average Bonchev–Trinajstić information content (AvgIpc) is 2.83. The molecule has 8 nitrogen and oxygen atoms in total. The second-order valence-electron chi connectivity index (χ2n) is 8.08. The normalized spacial score (nSPS) is 13.7. The Morgan fingerprint density at radius 3 is 2.53 bits per heavy atom. The van der Waals surface area contributed by atoms with E-state index in [0.29, 0.717) is 23.4 Å². The van der Waals surface area contributed by atoms with Gasteiger partial charge in [0.05, 0.1) is 5.56 Å². The lowest BCUT2D eigenvalue weighted by Crippen LogP contribution is -2.44. The lowest BCUT2D eigenvalue weighted by molar-refractivity contribution is 0.0931. The van der Waals surface area contributed by atoms with Crippen LogP contribution in [0, 0.1) is 12.7 Å². The number of amides is 2. The Hall–Kier alpha value is -3.08. The number of rotatable bonds is 8. The van der Waals surface area contributed by atoms with Gasteiger partial charge in [-0.2, -0.15) is 5.48 Å². The van der Waals surface area contributed by atoms with E-state index in [9.17, 15) is 14.0 Å². The van der Waals surface area contributed by atoms with Gasteiger partial charge in [-0.1, -0.05) is 18.6 Å². The summed E-state index contributed by atoms with van der Waals surface area (Å²) < 4.78 is 13.8. The highest BCUT2D eigenvalue weighted by atomic mass is 32.1. The van der Waals surface area contributed by atoms with Gasteiger partial charge >= 0.3 is 0 Å². The number of aryl methyl sites for hydroxylation is 1. The van der Waals surface area contributed by atoms with Crippen LogP contribution in [-0.4, -0.2) is 48.1 Å². The molecule has 0 radical (unpaired) electrons. The number of piperidine rings is 1. The van der Waals surface area contributed by atoms with Crippen molar-refractivity contribution in [3.05, 3.63) is 65.0 Å². The molecule has 0 bridgehead atoms. The summed E-state index contributed by atoms with van der Waals surface area (Å²) in [4.78, 5) is 32.4. The number of hydrogen-bond acceptors (Lipinski definition) is 6. The van der Waals surface area contributed by atoms with Crippen LogP contribution in [0.4, 0.5) is 10.1 Å². The standard InChI is InChI=1S/C24H30FN5O3S/c1-17-16-18(27-22(31)20-8-3-4-9-21(20)25)10-11-19(17)23(32)28-29-24(34)33-26-12-7-15-30-13-5-2-6-14-30/h3-4,8-11,16,26H,2,5-7,12-15H2,1H3,(H,27,31)(H,28,32)(H,29,34). The predicted molar refractivity (Wildman–Crippen MR) is 133 cm³/mol. The number of anilines is 1. The molecule has 4 N–H and O–H groups in total. The molecule has 2 aromatic rings. The summed E-state index contributed by atoms with van der Waals surface area (Å²) in [5, 5.41) is 2.63. The lowest BCUT2D eigenvalue weighted by Gasteiger charge is -2.26. The number of nitrogens with one attached hydrogen (secondary N) is 4. The highest BCUT2D eigenvalue weighted by Gasteiger charge is 2.14. The first-order chi connectivity index (χ1) is 16.4. The van der Waals surface area contributed by atoms with E-state index in [1.165, 1.54) is 37.5 Å². The first-order valence-electron chi connectivity index (χ1n) is 11.3. The minimum Gasteiger partial charge on any atom is -0.377 e. The zero-order valence-electron chi connectivity index (χ0n) is 19.2. The van der Waals surface area contributed by atoms with Crippen LogP contribution in [0.5, 0.6) is 0 Å². The minimum atomic E-state index is -0.603. The van der Waals surface area contributed by atoms with Gasteiger partial charge in [0, 0.05) is 17.8 Å². The van der Waals surface area contributed by atoms with Crippen molar-refractivity contribution in [3.63, 3.8) is 0 Å². The number of carbonyl (C=O) groups is 2. The van der Waals surface area contributed by atoms with Gasteiger partial charge in [0.2, 0.25) is 0 Å². The number of nitrogens with zero attached hydrogens (tertiary/aromatic N) is 1. The van der Waals surface area contributed by atoms with Crippen LogP contribution in [-0.2, 0) is 4.84 Å². The number of thiocarbonyl (C=S) groups is 1. The Kier molecular flexibility index (Phi) is 9.75. The summed E-state index contributed by atoms with van der Waals surface area (Å²) in [6.07, 6.45) is 4.79. The number of halogens is 1. The lowest BCUT2D eigenvalue weighted by atomic mass is 10.1. The summed E-state index contributed by atoms with van der Waals surface area (Å²) >= 11 is 5.06. The molecule has 182 valence electrons. The smallest absolute Gasteiger partial charge is 0.296 e. The Morgan fingerprint density at radius 1 is 1.03 bits per heavy atom. The molecule has 0 aromatic heterocycles. The fraction of sp³-hybridized carbons (Fsp3) is 0.375. The Morgan fingerprint density at radius 2 is 1.79 bits per heavy atom. The van der Waals surface area contributed by atoms with Crippen molar-refractivity contribution in [1.82, 2.24) is 21.2 Å². The minimum absolute atomic E-state index is 0.00209. The van der Waals surface area contributed by atoms with Crippen molar-refractivity contribution in [3.8, 4) is 0 Å². The molecule has 1 aliphatic heterocycles. The molecule has 0 saturated carbocycles. The van der Waals surface area contributed by atoms with Gasteiger partial charge in [-0.05, 0) is 93.9 Å². The van der Waals surface area contributed by atoms with Gasteiger partial charge in [-0.15, -0.1) is 0 Å². The Bertz CT molecular complexity index is 1010. The molecule has 2 aromatic carbocycles. The fourth-order valence-corrected chi connectivity index (χ4v) is 3.82. The number of likely N-dealkylation sites (tertiary alicyclic amines) is 1. The zero-order valence-corrected chi connectivity index (χ0v) is 20.0. The van der Waals surface area contributed by atoms with E-state index in [0.717, 1.165) is 26.1 Å². The number of hydrogen-bond donors (Lipinski definition) is 4. The van der Waals surface area contributed by atoms with Crippen LogP contribution in [0.2, 0.25) is 0 Å². The largest absolute Gasteiger partial charge is 0.377 e. The van der Waals surface area contributed by atoms with Crippen molar-refractivity contribution in [2.45, 2.75) is 32.6 Å². The van der Waals surface area contributed by atoms with E-state index in [-0.39, 0.29) is 10.7 Å². The van der Waals surface area contributed by atoms with Gasteiger partial charge in [0.15, 0.2) is 0 Å². The third-order valence-electron chi connectivity index (χ3n) is 5.49. The number of carbonyl (C=O) groups excluding carboxylic acids is 2.